The van der Waals surface area contributed by atoms with E-state index in [1.807, 2.05) is 0 Å². The van der Waals surface area contributed by atoms with Crippen LogP contribution in [0.3, 0.4) is 0 Å². The van der Waals surface area contributed by atoms with Gasteiger partial charge in [0, 0.05) is 29.9 Å². The van der Waals surface area contributed by atoms with E-state index < -0.39 is 15.9 Å². The number of sulfonamides is 1. The van der Waals surface area contributed by atoms with Crippen LogP contribution in [0.2, 0.25) is 5.02 Å². The van der Waals surface area contributed by atoms with E-state index >= 15 is 0 Å². The third-order valence-corrected chi connectivity index (χ3v) is 6.99. The van der Waals surface area contributed by atoms with Crippen molar-refractivity contribution in [3.63, 3.8) is 0 Å². The van der Waals surface area contributed by atoms with Crippen molar-refractivity contribution in [3.05, 3.63) is 47.5 Å². The first-order valence-corrected chi connectivity index (χ1v) is 11.0. The van der Waals surface area contributed by atoms with Crippen LogP contribution in [-0.2, 0) is 14.8 Å². The molecule has 1 N–H and O–H groups in total. The van der Waals surface area contributed by atoms with Crippen molar-refractivity contribution in [3.8, 4) is 11.5 Å². The number of nitrogens with zero attached hydrogens (tertiary/aromatic N) is 1. The summed E-state index contributed by atoms with van der Waals surface area (Å²) in [6, 6.07) is 11.1. The van der Waals surface area contributed by atoms with E-state index in [9.17, 15) is 13.2 Å². The molecule has 0 saturated carbocycles. The lowest BCUT2D eigenvalue weighted by Crippen LogP contribution is -2.43. The molecule has 1 aliphatic heterocycles. The summed E-state index contributed by atoms with van der Waals surface area (Å²) in [5.74, 6) is 0.386. The van der Waals surface area contributed by atoms with Crippen LogP contribution in [0.25, 0.3) is 0 Å². The topological polar surface area (TPSA) is 84.9 Å². The van der Waals surface area contributed by atoms with Gasteiger partial charge in [0.1, 0.15) is 0 Å². The third-order valence-electron chi connectivity index (χ3n) is 4.86. The average Bonchev–Trinajstić information content (AvgIpc) is 2.74. The molecule has 0 radical (unpaired) electrons. The van der Waals surface area contributed by atoms with Crippen molar-refractivity contribution in [1.29, 1.82) is 0 Å². The first-order chi connectivity index (χ1) is 13.8. The molecule has 2 aromatic carbocycles. The highest BCUT2D eigenvalue weighted by Gasteiger charge is 2.33. The Kier molecular flexibility index (Phi) is 6.66. The number of ether oxygens (including phenoxy) is 2. The second-order valence-electron chi connectivity index (χ2n) is 6.72. The quantitative estimate of drug-likeness (QED) is 0.747. The molecular formula is C20H23ClN2O5S. The van der Waals surface area contributed by atoms with Crippen molar-refractivity contribution < 1.29 is 22.7 Å². The molecule has 1 atom stereocenters. The normalized spacial score (nSPS) is 17.6. The summed E-state index contributed by atoms with van der Waals surface area (Å²) < 4.78 is 37.6. The fraction of sp³-hybridized carbons (Fsp3) is 0.350. The molecule has 7 nitrogen and oxygen atoms in total. The number of benzene rings is 2. The Morgan fingerprint density at radius 2 is 1.79 bits per heavy atom. The van der Waals surface area contributed by atoms with E-state index in [1.165, 1.54) is 30.7 Å². The van der Waals surface area contributed by atoms with Crippen molar-refractivity contribution in [2.45, 2.75) is 17.7 Å². The van der Waals surface area contributed by atoms with Crippen LogP contribution in [0.15, 0.2) is 47.4 Å². The Hall–Kier alpha value is -2.29. The van der Waals surface area contributed by atoms with E-state index in [-0.39, 0.29) is 17.3 Å². The van der Waals surface area contributed by atoms with Gasteiger partial charge in [0.05, 0.1) is 25.0 Å². The van der Waals surface area contributed by atoms with Gasteiger partial charge in [0.2, 0.25) is 15.9 Å². The molecule has 0 bridgehead atoms. The molecule has 29 heavy (non-hydrogen) atoms. The van der Waals surface area contributed by atoms with Gasteiger partial charge in [-0.25, -0.2) is 8.42 Å². The molecule has 1 saturated heterocycles. The van der Waals surface area contributed by atoms with Gasteiger partial charge in [0.15, 0.2) is 11.5 Å². The highest BCUT2D eigenvalue weighted by molar-refractivity contribution is 7.89. The highest BCUT2D eigenvalue weighted by atomic mass is 35.5. The average molecular weight is 439 g/mol. The molecule has 0 aromatic heterocycles. The number of amides is 1. The monoisotopic (exact) mass is 438 g/mol. The van der Waals surface area contributed by atoms with Gasteiger partial charge in [-0.15, -0.1) is 0 Å². The second-order valence-corrected chi connectivity index (χ2v) is 9.09. The molecular weight excluding hydrogens is 416 g/mol. The van der Waals surface area contributed by atoms with Crippen LogP contribution in [0.1, 0.15) is 12.8 Å². The van der Waals surface area contributed by atoms with Gasteiger partial charge in [-0.05, 0) is 49.2 Å². The Morgan fingerprint density at radius 3 is 2.45 bits per heavy atom. The van der Waals surface area contributed by atoms with Crippen molar-refractivity contribution in [2.75, 3.05) is 32.6 Å². The van der Waals surface area contributed by atoms with Crippen LogP contribution in [-0.4, -0.2) is 45.9 Å². The molecule has 3 rings (SSSR count). The lowest BCUT2D eigenvalue weighted by molar-refractivity contribution is -0.120. The molecule has 0 unspecified atom stereocenters. The van der Waals surface area contributed by atoms with Gasteiger partial charge >= 0.3 is 0 Å². The maximum atomic E-state index is 12.9. The number of carbonyl (C=O) groups excluding carboxylic acids is 1. The van der Waals surface area contributed by atoms with Crippen molar-refractivity contribution >= 4 is 33.2 Å². The number of anilines is 1. The summed E-state index contributed by atoms with van der Waals surface area (Å²) in [5.41, 5.74) is 0.560. The van der Waals surface area contributed by atoms with Gasteiger partial charge < -0.3 is 14.8 Å². The zero-order valence-corrected chi connectivity index (χ0v) is 17.8. The first kappa shape index (κ1) is 21.4. The maximum Gasteiger partial charge on any atom is 0.243 e. The van der Waals surface area contributed by atoms with Gasteiger partial charge in [-0.2, -0.15) is 4.31 Å². The zero-order chi connectivity index (χ0) is 21.0. The fourth-order valence-electron chi connectivity index (χ4n) is 3.29. The number of hydrogen-bond acceptors (Lipinski definition) is 5. The minimum Gasteiger partial charge on any atom is -0.493 e. The summed E-state index contributed by atoms with van der Waals surface area (Å²) >= 11 is 5.85. The number of methoxy groups -OCH3 is 2. The summed E-state index contributed by atoms with van der Waals surface area (Å²) in [6.07, 6.45) is 1.22. The van der Waals surface area contributed by atoms with E-state index in [0.717, 1.165) is 0 Å². The molecule has 1 fully saturated rings. The molecule has 2 aromatic rings. The smallest absolute Gasteiger partial charge is 0.243 e. The molecule has 0 aliphatic carbocycles. The number of rotatable bonds is 6. The van der Waals surface area contributed by atoms with Gasteiger partial charge in [-0.1, -0.05) is 11.6 Å². The van der Waals surface area contributed by atoms with Crippen molar-refractivity contribution in [2.24, 2.45) is 5.92 Å². The molecule has 1 aliphatic rings. The summed E-state index contributed by atoms with van der Waals surface area (Å²) in [4.78, 5) is 12.9. The molecule has 156 valence electrons. The minimum atomic E-state index is -3.68. The number of piperidine rings is 1. The SMILES string of the molecule is COc1ccc(NC(=O)[C@H]2CCCN(S(=O)(=O)c3ccc(Cl)cc3)C2)cc1OC. The summed E-state index contributed by atoms with van der Waals surface area (Å²) in [7, 11) is -0.626. The predicted octanol–water partition coefficient (Wildman–Crippen LogP) is 3.40. The largest absolute Gasteiger partial charge is 0.493 e. The summed E-state index contributed by atoms with van der Waals surface area (Å²) in [6.45, 7) is 0.509. The van der Waals surface area contributed by atoms with Gasteiger partial charge in [-0.3, -0.25) is 4.79 Å². The van der Waals surface area contributed by atoms with Crippen LogP contribution in [0, 0.1) is 5.92 Å². The molecule has 1 amide bonds. The first-order valence-electron chi connectivity index (χ1n) is 9.13. The maximum absolute atomic E-state index is 12.9. The Bertz CT molecular complexity index is 979. The second kappa shape index (κ2) is 9.02. The van der Waals surface area contributed by atoms with E-state index in [0.29, 0.717) is 41.6 Å². The van der Waals surface area contributed by atoms with E-state index in [4.69, 9.17) is 21.1 Å². The minimum absolute atomic E-state index is 0.129. The van der Waals surface area contributed by atoms with Crippen LogP contribution >= 0.6 is 11.6 Å². The molecule has 9 heteroatoms. The van der Waals surface area contributed by atoms with Crippen LogP contribution in [0.5, 0.6) is 11.5 Å². The Morgan fingerprint density at radius 1 is 1.10 bits per heavy atom. The van der Waals surface area contributed by atoms with E-state index in [2.05, 4.69) is 5.32 Å². The molecule has 1 heterocycles. The lowest BCUT2D eigenvalue weighted by Gasteiger charge is -2.31. The highest BCUT2D eigenvalue weighted by Crippen LogP contribution is 2.31. The number of halogens is 1. The molecule has 0 spiro atoms. The van der Waals surface area contributed by atoms with Crippen molar-refractivity contribution in [1.82, 2.24) is 4.31 Å². The predicted molar refractivity (Wildman–Crippen MR) is 111 cm³/mol. The lowest BCUT2D eigenvalue weighted by atomic mass is 9.98. The van der Waals surface area contributed by atoms with Crippen LogP contribution in [0.4, 0.5) is 5.69 Å². The fourth-order valence-corrected chi connectivity index (χ4v) is 4.94. The number of nitrogens with one attached hydrogen (secondary N) is 1. The van der Waals surface area contributed by atoms with Gasteiger partial charge in [0.25, 0.3) is 0 Å². The standard InChI is InChI=1S/C20H23ClN2O5S/c1-27-18-10-7-16(12-19(18)28-2)22-20(24)14-4-3-11-23(13-14)29(25,26)17-8-5-15(21)6-9-17/h5-10,12,14H,3-4,11,13H2,1-2H3,(H,22,24)/t14-/m0/s1. The van der Waals surface area contributed by atoms with Crippen LogP contribution < -0.4 is 14.8 Å². The zero-order valence-electron chi connectivity index (χ0n) is 16.2. The Labute approximate surface area is 175 Å². The number of carbonyl (C=O) groups is 1. The Balaban J connectivity index is 1.72. The number of hydrogen-bond donors (Lipinski definition) is 1. The third kappa shape index (κ3) is 4.83. The van der Waals surface area contributed by atoms with E-state index in [1.54, 1.807) is 30.3 Å². The summed E-state index contributed by atoms with van der Waals surface area (Å²) in [5, 5.41) is 3.31.